The molecule has 2 aromatic heterocycles. The van der Waals surface area contributed by atoms with E-state index in [1.165, 1.54) is 41.6 Å². The molecule has 6 nitrogen and oxygen atoms in total. The van der Waals surface area contributed by atoms with Crippen LogP contribution in [0.4, 0.5) is 5.00 Å². The lowest BCUT2D eigenvalue weighted by molar-refractivity contribution is 0.176. The van der Waals surface area contributed by atoms with E-state index < -0.39 is 0 Å². The zero-order chi connectivity index (χ0) is 20.8. The third kappa shape index (κ3) is 5.53. The lowest BCUT2D eigenvalue weighted by atomic mass is 9.97. The number of thiazole rings is 1. The van der Waals surface area contributed by atoms with Crippen molar-refractivity contribution < 1.29 is 0 Å². The molecule has 4 heterocycles. The second-order valence-electron chi connectivity index (χ2n) is 8.16. The van der Waals surface area contributed by atoms with Crippen LogP contribution in [0.5, 0.6) is 0 Å². The molecule has 2 saturated heterocycles. The Kier molecular flexibility index (Phi) is 7.62. The van der Waals surface area contributed by atoms with Crippen LogP contribution in [-0.4, -0.2) is 73.6 Å². The Morgan fingerprint density at radius 3 is 2.60 bits per heavy atom. The summed E-state index contributed by atoms with van der Waals surface area (Å²) >= 11 is 3.63. The first kappa shape index (κ1) is 21.6. The average molecular weight is 447 g/mol. The molecule has 2 aromatic rings. The van der Waals surface area contributed by atoms with Gasteiger partial charge in [-0.25, -0.2) is 4.98 Å². The van der Waals surface area contributed by atoms with Gasteiger partial charge >= 0.3 is 0 Å². The number of guanidine groups is 1. The van der Waals surface area contributed by atoms with Crippen molar-refractivity contribution in [2.24, 2.45) is 10.9 Å². The van der Waals surface area contributed by atoms with Crippen LogP contribution >= 0.6 is 22.7 Å². The van der Waals surface area contributed by atoms with Crippen LogP contribution in [0.15, 0.2) is 27.9 Å². The number of aliphatic imine (C=N–C) groups is 1. The van der Waals surface area contributed by atoms with Gasteiger partial charge in [0.05, 0.1) is 15.7 Å². The molecule has 30 heavy (non-hydrogen) atoms. The molecule has 0 aliphatic carbocycles. The van der Waals surface area contributed by atoms with Gasteiger partial charge in [-0.3, -0.25) is 9.89 Å². The van der Waals surface area contributed by atoms with Gasteiger partial charge in [-0.1, -0.05) is 6.92 Å². The Morgan fingerprint density at radius 2 is 1.97 bits per heavy atom. The number of thiophene rings is 1. The minimum atomic E-state index is 0.729. The molecule has 1 N–H and O–H groups in total. The van der Waals surface area contributed by atoms with E-state index in [0.717, 1.165) is 57.6 Å². The summed E-state index contributed by atoms with van der Waals surface area (Å²) < 4.78 is 0. The summed E-state index contributed by atoms with van der Waals surface area (Å²) in [6.45, 7) is 10.7. The monoisotopic (exact) mass is 446 g/mol. The molecule has 0 bridgehead atoms. The number of piperazine rings is 1. The van der Waals surface area contributed by atoms with Crippen LogP contribution in [0.2, 0.25) is 0 Å². The standard InChI is InChI=1S/C22H34N6S2/c1-3-20-25-19(17-30-20)16-26-8-6-18(7-9-26)15-24-22(23-2)28-12-10-27(11-13-28)21-5-4-14-29-21/h4-5,14,17-18H,3,6-13,15-16H2,1-2H3,(H,23,24). The maximum absolute atomic E-state index is 4.73. The molecule has 0 radical (unpaired) electrons. The van der Waals surface area contributed by atoms with Crippen molar-refractivity contribution in [2.45, 2.75) is 32.7 Å². The molecule has 2 aliphatic heterocycles. The van der Waals surface area contributed by atoms with E-state index in [2.05, 4.69) is 54.8 Å². The normalized spacial score (nSPS) is 19.5. The average Bonchev–Trinajstić information content (AvgIpc) is 3.48. The van der Waals surface area contributed by atoms with Gasteiger partial charge in [0.25, 0.3) is 0 Å². The second-order valence-corrected chi connectivity index (χ2v) is 10.0. The van der Waals surface area contributed by atoms with Crippen molar-refractivity contribution >= 4 is 33.6 Å². The van der Waals surface area contributed by atoms with Gasteiger partial charge in [0.2, 0.25) is 0 Å². The highest BCUT2D eigenvalue weighted by Crippen LogP contribution is 2.23. The fourth-order valence-electron chi connectivity index (χ4n) is 4.32. The second kappa shape index (κ2) is 10.6. The molecule has 0 amide bonds. The van der Waals surface area contributed by atoms with Gasteiger partial charge in [-0.2, -0.15) is 0 Å². The Labute approximate surface area is 188 Å². The predicted octanol–water partition coefficient (Wildman–Crippen LogP) is 3.38. The summed E-state index contributed by atoms with van der Waals surface area (Å²) in [5, 5.41) is 10.7. The Morgan fingerprint density at radius 1 is 1.17 bits per heavy atom. The fourth-order valence-corrected chi connectivity index (χ4v) is 5.84. The maximum atomic E-state index is 4.73. The third-order valence-corrected chi connectivity index (χ3v) is 8.12. The Balaban J connectivity index is 1.17. The van der Waals surface area contributed by atoms with Gasteiger partial charge in [-0.15, -0.1) is 22.7 Å². The molecule has 0 spiro atoms. The lowest BCUT2D eigenvalue weighted by Crippen LogP contribution is -2.53. The van der Waals surface area contributed by atoms with E-state index in [4.69, 9.17) is 4.98 Å². The van der Waals surface area contributed by atoms with Crippen LogP contribution in [0, 0.1) is 5.92 Å². The topological polar surface area (TPSA) is 47.0 Å². The highest BCUT2D eigenvalue weighted by Gasteiger charge is 2.23. The summed E-state index contributed by atoms with van der Waals surface area (Å²) in [6.07, 6.45) is 3.55. The zero-order valence-electron chi connectivity index (χ0n) is 18.2. The van der Waals surface area contributed by atoms with Gasteiger partial charge in [0.15, 0.2) is 5.96 Å². The highest BCUT2D eigenvalue weighted by atomic mass is 32.1. The van der Waals surface area contributed by atoms with E-state index in [1.54, 1.807) is 11.3 Å². The first-order chi connectivity index (χ1) is 14.7. The smallest absolute Gasteiger partial charge is 0.193 e. The summed E-state index contributed by atoms with van der Waals surface area (Å²) in [7, 11) is 1.91. The first-order valence-corrected chi connectivity index (χ1v) is 12.9. The molecule has 0 unspecified atom stereocenters. The molecule has 8 heteroatoms. The molecular weight excluding hydrogens is 412 g/mol. The zero-order valence-corrected chi connectivity index (χ0v) is 19.9. The fraction of sp³-hybridized carbons (Fsp3) is 0.636. The molecule has 0 atom stereocenters. The predicted molar refractivity (Wildman–Crippen MR) is 129 cm³/mol. The van der Waals surface area contributed by atoms with Crippen molar-refractivity contribution in [3.05, 3.63) is 33.6 Å². The Bertz CT molecular complexity index is 786. The van der Waals surface area contributed by atoms with Gasteiger partial charge < -0.3 is 15.1 Å². The number of anilines is 1. The first-order valence-electron chi connectivity index (χ1n) is 11.1. The number of nitrogens with one attached hydrogen (secondary N) is 1. The van der Waals surface area contributed by atoms with E-state index in [0.29, 0.717) is 0 Å². The lowest BCUT2D eigenvalue weighted by Gasteiger charge is -2.38. The summed E-state index contributed by atoms with van der Waals surface area (Å²) in [6, 6.07) is 4.36. The van der Waals surface area contributed by atoms with Crippen LogP contribution in [0.25, 0.3) is 0 Å². The number of rotatable bonds is 6. The minimum absolute atomic E-state index is 0.729. The molecule has 4 rings (SSSR count). The molecular formula is C22H34N6S2. The number of piperidine rings is 1. The quantitative estimate of drug-likeness (QED) is 0.545. The number of aromatic nitrogens is 1. The molecule has 0 saturated carbocycles. The van der Waals surface area contributed by atoms with Crippen LogP contribution in [-0.2, 0) is 13.0 Å². The van der Waals surface area contributed by atoms with Gasteiger partial charge in [-0.05, 0) is 55.8 Å². The number of likely N-dealkylation sites (tertiary alicyclic amines) is 1. The van der Waals surface area contributed by atoms with Crippen molar-refractivity contribution in [3.8, 4) is 0 Å². The highest BCUT2D eigenvalue weighted by molar-refractivity contribution is 7.14. The van der Waals surface area contributed by atoms with Crippen LogP contribution in [0.1, 0.15) is 30.5 Å². The summed E-state index contributed by atoms with van der Waals surface area (Å²) in [5.41, 5.74) is 1.25. The van der Waals surface area contributed by atoms with Crippen molar-refractivity contribution in [1.82, 2.24) is 20.1 Å². The maximum Gasteiger partial charge on any atom is 0.193 e. The van der Waals surface area contributed by atoms with Crippen LogP contribution in [0.3, 0.4) is 0 Å². The van der Waals surface area contributed by atoms with Crippen LogP contribution < -0.4 is 10.2 Å². The molecule has 2 fully saturated rings. The largest absolute Gasteiger partial charge is 0.360 e. The Hall–Kier alpha value is -1.64. The van der Waals surface area contributed by atoms with Crippen molar-refractivity contribution in [1.29, 1.82) is 0 Å². The van der Waals surface area contributed by atoms with Crippen molar-refractivity contribution in [3.63, 3.8) is 0 Å². The van der Waals surface area contributed by atoms with Gasteiger partial charge in [0.1, 0.15) is 0 Å². The molecule has 0 aromatic carbocycles. The number of aryl methyl sites for hydroxylation is 1. The number of nitrogens with zero attached hydrogens (tertiary/aromatic N) is 5. The van der Waals surface area contributed by atoms with E-state index >= 15 is 0 Å². The number of hydrogen-bond donors (Lipinski definition) is 1. The van der Waals surface area contributed by atoms with E-state index in [9.17, 15) is 0 Å². The summed E-state index contributed by atoms with van der Waals surface area (Å²) in [5.74, 6) is 1.80. The van der Waals surface area contributed by atoms with Gasteiger partial charge in [0, 0.05) is 51.7 Å². The van der Waals surface area contributed by atoms with Crippen molar-refractivity contribution in [2.75, 3.05) is 57.8 Å². The summed E-state index contributed by atoms with van der Waals surface area (Å²) in [4.78, 5) is 16.7. The van der Waals surface area contributed by atoms with E-state index in [1.807, 2.05) is 18.4 Å². The molecule has 2 aliphatic rings. The SMILES string of the molecule is CCc1nc(CN2CCC(CNC(=NC)N3CCN(c4cccs4)CC3)CC2)cs1. The third-order valence-electron chi connectivity index (χ3n) is 6.15. The molecule has 164 valence electrons. The van der Waals surface area contributed by atoms with E-state index in [-0.39, 0.29) is 0 Å². The minimum Gasteiger partial charge on any atom is -0.360 e. The number of hydrogen-bond acceptors (Lipinski definition) is 6.